The van der Waals surface area contributed by atoms with Gasteiger partial charge in [0.25, 0.3) is 5.56 Å². The van der Waals surface area contributed by atoms with Gasteiger partial charge >= 0.3 is 0 Å². The molecular weight excluding hydrogens is 398 g/mol. The third kappa shape index (κ3) is 3.40. The third-order valence-corrected chi connectivity index (χ3v) is 6.24. The maximum Gasteiger partial charge on any atom is 0.261 e. The number of aryl methyl sites for hydroxylation is 1. The first kappa shape index (κ1) is 20.2. The number of carbonyl (C=O) groups is 1. The van der Waals surface area contributed by atoms with Crippen LogP contribution in [0.4, 0.5) is 5.69 Å². The largest absolute Gasteiger partial charge is 0.307 e. The van der Waals surface area contributed by atoms with Crippen LogP contribution in [-0.2, 0) is 24.3 Å². The molecule has 2 heterocycles. The zero-order valence-corrected chi connectivity index (χ0v) is 18.3. The Bertz CT molecular complexity index is 1380. The highest BCUT2D eigenvalue weighted by Crippen LogP contribution is 2.40. The van der Waals surface area contributed by atoms with Crippen LogP contribution in [0.25, 0.3) is 10.9 Å². The number of fused-ring (bicyclic) bond motifs is 2. The lowest BCUT2D eigenvalue weighted by atomic mass is 9.95. The second-order valence-corrected chi connectivity index (χ2v) is 8.32. The summed E-state index contributed by atoms with van der Waals surface area (Å²) in [7, 11) is 0. The molecule has 1 amide bonds. The van der Waals surface area contributed by atoms with Crippen molar-refractivity contribution in [3.63, 3.8) is 0 Å². The zero-order valence-electron chi connectivity index (χ0n) is 18.3. The third-order valence-electron chi connectivity index (χ3n) is 6.24. The molecule has 5 heteroatoms. The van der Waals surface area contributed by atoms with Gasteiger partial charge in [-0.3, -0.25) is 14.2 Å². The number of anilines is 1. The second kappa shape index (κ2) is 8.08. The molecule has 3 aromatic carbocycles. The van der Waals surface area contributed by atoms with Crippen molar-refractivity contribution >= 4 is 22.5 Å². The van der Waals surface area contributed by atoms with Gasteiger partial charge in [-0.1, -0.05) is 60.2 Å². The van der Waals surface area contributed by atoms with Crippen molar-refractivity contribution < 1.29 is 4.79 Å². The molecule has 0 radical (unpaired) electrons. The Hall–Kier alpha value is -3.73. The highest BCUT2D eigenvalue weighted by atomic mass is 16.2. The van der Waals surface area contributed by atoms with Crippen molar-refractivity contribution in [3.8, 4) is 0 Å². The number of hydrogen-bond donors (Lipinski definition) is 0. The molecule has 5 rings (SSSR count). The quantitative estimate of drug-likeness (QED) is 0.471. The van der Waals surface area contributed by atoms with Crippen LogP contribution in [0.3, 0.4) is 0 Å². The fourth-order valence-corrected chi connectivity index (χ4v) is 4.64. The van der Waals surface area contributed by atoms with Gasteiger partial charge in [0.15, 0.2) is 0 Å². The van der Waals surface area contributed by atoms with E-state index in [0.717, 1.165) is 22.4 Å². The summed E-state index contributed by atoms with van der Waals surface area (Å²) < 4.78 is 1.70. The van der Waals surface area contributed by atoms with Gasteiger partial charge in [0, 0.05) is 18.7 Å². The summed E-state index contributed by atoms with van der Waals surface area (Å²) >= 11 is 0. The minimum atomic E-state index is -0.362. The van der Waals surface area contributed by atoms with E-state index in [1.165, 1.54) is 0 Å². The van der Waals surface area contributed by atoms with E-state index in [9.17, 15) is 9.59 Å². The maximum absolute atomic E-state index is 13.6. The molecule has 0 bridgehead atoms. The normalized spacial score (nSPS) is 15.4. The molecule has 0 fully saturated rings. The van der Waals surface area contributed by atoms with Crippen LogP contribution in [0, 0.1) is 6.92 Å². The van der Waals surface area contributed by atoms with Crippen molar-refractivity contribution in [2.45, 2.75) is 39.3 Å². The van der Waals surface area contributed by atoms with Crippen molar-refractivity contribution in [1.29, 1.82) is 0 Å². The summed E-state index contributed by atoms with van der Waals surface area (Å²) in [6.07, 6.45) is 0.397. The van der Waals surface area contributed by atoms with Gasteiger partial charge in [-0.2, -0.15) is 0 Å². The van der Waals surface area contributed by atoms with Crippen molar-refractivity contribution in [1.82, 2.24) is 9.55 Å². The van der Waals surface area contributed by atoms with Crippen LogP contribution >= 0.6 is 0 Å². The summed E-state index contributed by atoms with van der Waals surface area (Å²) in [5, 5.41) is 0.609. The van der Waals surface area contributed by atoms with Crippen LogP contribution in [-0.4, -0.2) is 15.5 Å². The molecule has 1 aliphatic heterocycles. The lowest BCUT2D eigenvalue weighted by Gasteiger charge is -2.19. The fraction of sp³-hybridized carbons (Fsp3) is 0.222. The van der Waals surface area contributed by atoms with E-state index in [1.54, 1.807) is 4.57 Å². The lowest BCUT2D eigenvalue weighted by molar-refractivity contribution is -0.119. The number of nitrogens with zero attached hydrogens (tertiary/aromatic N) is 3. The van der Waals surface area contributed by atoms with Crippen LogP contribution in [0.15, 0.2) is 77.6 Å². The SMILES string of the molecule is CCn1c(C[C@H]2C(=O)N(Cc3ccccc3)c3ccc(C)cc32)nc2ccccc2c1=O. The Morgan fingerprint density at radius 2 is 1.69 bits per heavy atom. The highest BCUT2D eigenvalue weighted by molar-refractivity contribution is 6.05. The van der Waals surface area contributed by atoms with E-state index in [-0.39, 0.29) is 17.4 Å². The standard InChI is InChI=1S/C27H25N3O2/c1-3-29-25(28-23-12-8-7-11-20(23)26(29)31)16-22-21-15-18(2)13-14-24(21)30(27(22)32)17-19-9-5-4-6-10-19/h4-15,22H,3,16-17H2,1-2H3/t22-/m1/s1. The van der Waals surface area contributed by atoms with E-state index < -0.39 is 0 Å². The minimum Gasteiger partial charge on any atom is -0.307 e. The molecule has 0 aliphatic carbocycles. The summed E-state index contributed by atoms with van der Waals surface area (Å²) in [5.74, 6) is 0.350. The number of rotatable bonds is 5. The Labute approximate surface area is 187 Å². The lowest BCUT2D eigenvalue weighted by Crippen LogP contribution is -2.31. The fourth-order valence-electron chi connectivity index (χ4n) is 4.64. The minimum absolute atomic E-state index is 0.0517. The highest BCUT2D eigenvalue weighted by Gasteiger charge is 2.38. The Morgan fingerprint density at radius 3 is 2.47 bits per heavy atom. The maximum atomic E-state index is 13.6. The molecule has 4 aromatic rings. The second-order valence-electron chi connectivity index (χ2n) is 8.32. The van der Waals surface area contributed by atoms with Crippen molar-refractivity contribution in [2.75, 3.05) is 4.90 Å². The number of amides is 1. The predicted molar refractivity (Wildman–Crippen MR) is 127 cm³/mol. The average molecular weight is 424 g/mol. The number of aromatic nitrogens is 2. The van der Waals surface area contributed by atoms with Gasteiger partial charge in [-0.05, 0) is 43.2 Å². The monoisotopic (exact) mass is 423 g/mol. The topological polar surface area (TPSA) is 55.2 Å². The van der Waals surface area contributed by atoms with Crippen molar-refractivity contribution in [2.24, 2.45) is 0 Å². The molecule has 0 N–H and O–H groups in total. The Balaban J connectivity index is 1.58. The molecule has 1 aliphatic rings. The molecular formula is C27H25N3O2. The van der Waals surface area contributed by atoms with E-state index in [2.05, 4.69) is 6.07 Å². The summed E-state index contributed by atoms with van der Waals surface area (Å²) in [6, 6.07) is 23.6. The molecule has 0 unspecified atom stereocenters. The molecule has 1 aromatic heterocycles. The smallest absolute Gasteiger partial charge is 0.261 e. The van der Waals surface area contributed by atoms with Gasteiger partial charge in [-0.15, -0.1) is 0 Å². The average Bonchev–Trinajstić information content (AvgIpc) is 3.05. The van der Waals surface area contributed by atoms with Crippen LogP contribution in [0.5, 0.6) is 0 Å². The first-order valence-electron chi connectivity index (χ1n) is 11.0. The molecule has 1 atom stereocenters. The first-order valence-corrected chi connectivity index (χ1v) is 11.0. The van der Waals surface area contributed by atoms with E-state index in [4.69, 9.17) is 4.98 Å². The number of benzene rings is 3. The molecule has 0 spiro atoms. The van der Waals surface area contributed by atoms with Gasteiger partial charge in [0.1, 0.15) is 5.82 Å². The van der Waals surface area contributed by atoms with E-state index >= 15 is 0 Å². The van der Waals surface area contributed by atoms with Gasteiger partial charge in [-0.25, -0.2) is 4.98 Å². The van der Waals surface area contributed by atoms with Crippen molar-refractivity contribution in [3.05, 3.63) is 106 Å². The number of carbonyl (C=O) groups excluding carboxylic acids is 1. The molecule has 32 heavy (non-hydrogen) atoms. The Morgan fingerprint density at radius 1 is 0.938 bits per heavy atom. The van der Waals surface area contributed by atoms with Crippen LogP contribution in [0.2, 0.25) is 0 Å². The summed E-state index contributed by atoms with van der Waals surface area (Å²) in [4.78, 5) is 33.4. The summed E-state index contributed by atoms with van der Waals surface area (Å²) in [5.41, 5.74) is 4.78. The van der Waals surface area contributed by atoms with E-state index in [1.807, 2.05) is 85.5 Å². The predicted octanol–water partition coefficient (Wildman–Crippen LogP) is 4.60. The number of hydrogen-bond acceptors (Lipinski definition) is 3. The van der Waals surface area contributed by atoms with Crippen LogP contribution < -0.4 is 10.5 Å². The van der Waals surface area contributed by atoms with Gasteiger partial charge in [0.05, 0.1) is 23.4 Å². The van der Waals surface area contributed by atoms with E-state index in [0.29, 0.717) is 36.2 Å². The molecule has 0 saturated carbocycles. The van der Waals surface area contributed by atoms with Gasteiger partial charge < -0.3 is 4.90 Å². The van der Waals surface area contributed by atoms with Crippen LogP contribution in [0.1, 0.15) is 35.4 Å². The zero-order chi connectivity index (χ0) is 22.2. The first-order chi connectivity index (χ1) is 15.6. The number of para-hydroxylation sites is 1. The van der Waals surface area contributed by atoms with Gasteiger partial charge in [0.2, 0.25) is 5.91 Å². The molecule has 160 valence electrons. The summed E-state index contributed by atoms with van der Waals surface area (Å²) in [6.45, 7) is 5.02. The Kier molecular flexibility index (Phi) is 5.10. The molecule has 5 nitrogen and oxygen atoms in total. The molecule has 0 saturated heterocycles.